The molecule has 4 nitrogen and oxygen atoms in total. The molecule has 3 aromatic rings. The number of rotatable bonds is 4. The quantitative estimate of drug-likeness (QED) is 0.479. The molecule has 3 aromatic carbocycles. The van der Waals surface area contributed by atoms with Crippen LogP contribution in [0.3, 0.4) is 0 Å². The number of amides is 2. The van der Waals surface area contributed by atoms with Gasteiger partial charge in [-0.05, 0) is 54.3 Å². The lowest BCUT2D eigenvalue weighted by Crippen LogP contribution is -2.45. The Morgan fingerprint density at radius 1 is 0.897 bits per heavy atom. The van der Waals surface area contributed by atoms with Crippen LogP contribution in [0.4, 0.5) is 5.69 Å². The smallest absolute Gasteiger partial charge is 0.265 e. The molecule has 0 spiro atoms. The zero-order chi connectivity index (χ0) is 20.4. The Kier molecular flexibility index (Phi) is 5.09. The molecule has 0 aromatic heterocycles. The van der Waals surface area contributed by atoms with E-state index in [0.717, 1.165) is 16.7 Å². The highest BCUT2D eigenvalue weighted by molar-refractivity contribution is 6.29. The molecule has 29 heavy (non-hydrogen) atoms. The second-order valence-electron chi connectivity index (χ2n) is 7.29. The van der Waals surface area contributed by atoms with Crippen molar-refractivity contribution in [2.45, 2.75) is 26.3 Å². The minimum Gasteiger partial charge on any atom is -0.292 e. The van der Waals surface area contributed by atoms with E-state index in [-0.39, 0.29) is 11.8 Å². The summed E-state index contributed by atoms with van der Waals surface area (Å²) in [6.07, 6.45) is 1.68. The van der Waals surface area contributed by atoms with Crippen molar-refractivity contribution in [2.24, 2.45) is 4.99 Å². The number of carbonyl (C=O) groups is 2. The van der Waals surface area contributed by atoms with Crippen LogP contribution in [0.2, 0.25) is 0 Å². The number of hydrogen-bond donors (Lipinski definition) is 0. The molecule has 1 heterocycles. The molecule has 4 rings (SSSR count). The second-order valence-corrected chi connectivity index (χ2v) is 7.29. The van der Waals surface area contributed by atoms with E-state index in [1.54, 1.807) is 12.3 Å². The normalized spacial score (nSPS) is 16.3. The third-order valence-electron chi connectivity index (χ3n) is 5.34. The number of anilines is 1. The molecule has 2 amide bonds. The van der Waals surface area contributed by atoms with Crippen molar-refractivity contribution in [1.82, 2.24) is 0 Å². The predicted molar refractivity (Wildman–Crippen MR) is 116 cm³/mol. The molecule has 0 bridgehead atoms. The SMILES string of the molecule is Cc1ccc(N2C(=O)c3ccccc3[C@H](C=NCc3ccccc3)C2=O)cc1C. The number of aryl methyl sites for hydroxylation is 2. The molecule has 0 radical (unpaired) electrons. The average molecular weight is 382 g/mol. The van der Waals surface area contributed by atoms with Gasteiger partial charge in [-0.3, -0.25) is 14.6 Å². The third kappa shape index (κ3) is 3.61. The Labute approximate surface area is 170 Å². The highest BCUT2D eigenvalue weighted by atomic mass is 16.2. The number of imide groups is 1. The molecular weight excluding hydrogens is 360 g/mol. The Morgan fingerprint density at radius 3 is 2.38 bits per heavy atom. The first-order valence-electron chi connectivity index (χ1n) is 9.64. The maximum Gasteiger partial charge on any atom is 0.265 e. The maximum atomic E-state index is 13.4. The summed E-state index contributed by atoms with van der Waals surface area (Å²) >= 11 is 0. The van der Waals surface area contributed by atoms with Gasteiger partial charge in [0.15, 0.2) is 0 Å². The molecule has 0 N–H and O–H groups in total. The van der Waals surface area contributed by atoms with E-state index in [2.05, 4.69) is 4.99 Å². The van der Waals surface area contributed by atoms with Gasteiger partial charge in [0.2, 0.25) is 5.91 Å². The molecule has 0 aliphatic carbocycles. The number of carbonyl (C=O) groups excluding carboxylic acids is 2. The van der Waals surface area contributed by atoms with Gasteiger partial charge in [-0.25, -0.2) is 4.90 Å². The van der Waals surface area contributed by atoms with Crippen molar-refractivity contribution in [3.63, 3.8) is 0 Å². The molecule has 1 aliphatic heterocycles. The van der Waals surface area contributed by atoms with E-state index < -0.39 is 5.92 Å². The van der Waals surface area contributed by atoms with Crippen LogP contribution in [0.1, 0.15) is 38.5 Å². The summed E-state index contributed by atoms with van der Waals surface area (Å²) in [5.41, 5.74) is 5.07. The van der Waals surface area contributed by atoms with Crippen LogP contribution in [-0.2, 0) is 11.3 Å². The fraction of sp³-hybridized carbons (Fsp3) is 0.160. The lowest BCUT2D eigenvalue weighted by atomic mass is 9.88. The zero-order valence-corrected chi connectivity index (χ0v) is 16.5. The van der Waals surface area contributed by atoms with Crippen molar-refractivity contribution in [1.29, 1.82) is 0 Å². The lowest BCUT2D eigenvalue weighted by Gasteiger charge is -2.31. The van der Waals surface area contributed by atoms with E-state index in [0.29, 0.717) is 23.4 Å². The molecule has 1 atom stereocenters. The minimum atomic E-state index is -0.589. The summed E-state index contributed by atoms with van der Waals surface area (Å²) in [6.45, 7) is 4.47. The van der Waals surface area contributed by atoms with Crippen molar-refractivity contribution >= 4 is 23.7 Å². The maximum absolute atomic E-state index is 13.4. The molecule has 0 saturated carbocycles. The monoisotopic (exact) mass is 382 g/mol. The van der Waals surface area contributed by atoms with Gasteiger partial charge in [0.25, 0.3) is 5.91 Å². The van der Waals surface area contributed by atoms with Crippen LogP contribution < -0.4 is 4.90 Å². The van der Waals surface area contributed by atoms with Gasteiger partial charge in [-0.2, -0.15) is 0 Å². The highest BCUT2D eigenvalue weighted by Crippen LogP contribution is 2.32. The van der Waals surface area contributed by atoms with Crippen LogP contribution in [0, 0.1) is 13.8 Å². The van der Waals surface area contributed by atoms with E-state index >= 15 is 0 Å². The van der Waals surface area contributed by atoms with Gasteiger partial charge in [-0.15, -0.1) is 0 Å². The minimum absolute atomic E-state index is 0.270. The Morgan fingerprint density at radius 2 is 1.62 bits per heavy atom. The van der Waals surface area contributed by atoms with E-state index in [9.17, 15) is 9.59 Å². The topological polar surface area (TPSA) is 49.7 Å². The van der Waals surface area contributed by atoms with Crippen molar-refractivity contribution in [2.75, 3.05) is 4.90 Å². The van der Waals surface area contributed by atoms with Gasteiger partial charge < -0.3 is 0 Å². The lowest BCUT2D eigenvalue weighted by molar-refractivity contribution is -0.118. The van der Waals surface area contributed by atoms with E-state index in [1.807, 2.05) is 80.6 Å². The Hall–Kier alpha value is -3.53. The number of hydrogen-bond acceptors (Lipinski definition) is 3. The summed E-state index contributed by atoms with van der Waals surface area (Å²) in [5, 5.41) is 0. The molecular formula is C25H22N2O2. The first kappa shape index (κ1) is 18.8. The summed E-state index contributed by atoms with van der Waals surface area (Å²) in [6, 6.07) is 22.8. The molecule has 0 unspecified atom stereocenters. The van der Waals surface area contributed by atoms with Crippen LogP contribution in [0.5, 0.6) is 0 Å². The summed E-state index contributed by atoms with van der Waals surface area (Å²) in [7, 11) is 0. The number of nitrogens with zero attached hydrogens (tertiary/aromatic N) is 2. The van der Waals surface area contributed by atoms with E-state index in [4.69, 9.17) is 0 Å². The molecule has 0 fully saturated rings. The Bertz CT molecular complexity index is 1100. The van der Waals surface area contributed by atoms with Gasteiger partial charge in [-0.1, -0.05) is 54.6 Å². The van der Waals surface area contributed by atoms with Gasteiger partial charge >= 0.3 is 0 Å². The average Bonchev–Trinajstić information content (AvgIpc) is 2.74. The molecule has 0 saturated heterocycles. The van der Waals surface area contributed by atoms with Gasteiger partial charge in [0, 0.05) is 11.8 Å². The Balaban J connectivity index is 1.72. The van der Waals surface area contributed by atoms with Gasteiger partial charge in [0.1, 0.15) is 0 Å². The van der Waals surface area contributed by atoms with Crippen molar-refractivity contribution < 1.29 is 9.59 Å². The van der Waals surface area contributed by atoms with Crippen LogP contribution >= 0.6 is 0 Å². The number of fused-ring (bicyclic) bond motifs is 1. The predicted octanol–water partition coefficient (Wildman–Crippen LogP) is 4.85. The summed E-state index contributed by atoms with van der Waals surface area (Å²) < 4.78 is 0. The second kappa shape index (κ2) is 7.84. The van der Waals surface area contributed by atoms with Gasteiger partial charge in [0.05, 0.1) is 18.2 Å². The number of benzene rings is 3. The number of aliphatic imine (C=N–C) groups is 1. The molecule has 144 valence electrons. The highest BCUT2D eigenvalue weighted by Gasteiger charge is 2.38. The van der Waals surface area contributed by atoms with E-state index in [1.165, 1.54) is 4.90 Å². The fourth-order valence-electron chi connectivity index (χ4n) is 3.56. The third-order valence-corrected chi connectivity index (χ3v) is 5.34. The zero-order valence-electron chi connectivity index (χ0n) is 16.5. The molecule has 1 aliphatic rings. The van der Waals surface area contributed by atoms with Crippen LogP contribution in [-0.4, -0.2) is 18.0 Å². The van der Waals surface area contributed by atoms with Crippen LogP contribution in [0.15, 0.2) is 77.8 Å². The fourth-order valence-corrected chi connectivity index (χ4v) is 3.56. The largest absolute Gasteiger partial charge is 0.292 e. The van der Waals surface area contributed by atoms with Crippen molar-refractivity contribution in [3.8, 4) is 0 Å². The van der Waals surface area contributed by atoms with Crippen LogP contribution in [0.25, 0.3) is 0 Å². The first-order chi connectivity index (χ1) is 14.1. The first-order valence-corrected chi connectivity index (χ1v) is 9.64. The summed E-state index contributed by atoms with van der Waals surface area (Å²) in [5.74, 6) is -1.15. The standard InChI is InChI=1S/C25H22N2O2/c1-17-12-13-20(14-18(17)2)27-24(28)22-11-7-6-10-21(22)23(25(27)29)16-26-15-19-8-4-3-5-9-19/h3-14,16,23H,15H2,1-2H3/t23-/m0/s1. The molecule has 4 heteroatoms. The summed E-state index contributed by atoms with van der Waals surface area (Å²) in [4.78, 5) is 32.3. The van der Waals surface area contributed by atoms with Crippen molar-refractivity contribution in [3.05, 3.63) is 101 Å².